The third-order valence-corrected chi connectivity index (χ3v) is 6.52. The number of amides is 2. The van der Waals surface area contributed by atoms with Crippen LogP contribution in [0, 0.1) is 26.7 Å². The lowest BCUT2D eigenvalue weighted by Crippen LogP contribution is -2.41. The van der Waals surface area contributed by atoms with Crippen LogP contribution >= 0.6 is 0 Å². The van der Waals surface area contributed by atoms with Gasteiger partial charge in [0.05, 0.1) is 0 Å². The highest BCUT2D eigenvalue weighted by molar-refractivity contribution is 5.94. The number of aromatic amines is 1. The molecule has 0 spiro atoms. The van der Waals surface area contributed by atoms with Crippen LogP contribution < -0.4 is 5.32 Å². The van der Waals surface area contributed by atoms with Crippen molar-refractivity contribution in [2.75, 3.05) is 13.1 Å². The van der Waals surface area contributed by atoms with Crippen LogP contribution in [0.15, 0.2) is 30.3 Å². The molecule has 1 aromatic heterocycles. The van der Waals surface area contributed by atoms with Gasteiger partial charge in [0.25, 0.3) is 5.91 Å². The summed E-state index contributed by atoms with van der Waals surface area (Å²) in [5.41, 5.74) is 5.28. The summed E-state index contributed by atoms with van der Waals surface area (Å²) in [6.07, 6.45) is 4.24. The molecular weight excluding hydrogens is 374 g/mol. The van der Waals surface area contributed by atoms with Gasteiger partial charge in [0, 0.05) is 31.2 Å². The first kappa shape index (κ1) is 22.1. The highest BCUT2D eigenvalue weighted by Gasteiger charge is 2.27. The Labute approximate surface area is 180 Å². The van der Waals surface area contributed by atoms with Gasteiger partial charge in [0.2, 0.25) is 5.91 Å². The van der Waals surface area contributed by atoms with Crippen molar-refractivity contribution in [1.29, 1.82) is 0 Å². The minimum Gasteiger partial charge on any atom is -0.354 e. The summed E-state index contributed by atoms with van der Waals surface area (Å²) in [6, 6.07) is 10.5. The smallest absolute Gasteiger partial charge is 0.270 e. The highest BCUT2D eigenvalue weighted by atomic mass is 16.2. The monoisotopic (exact) mass is 409 g/mol. The van der Waals surface area contributed by atoms with E-state index >= 15 is 0 Å². The number of hydrogen-bond donors (Lipinski definition) is 2. The first-order valence-corrected chi connectivity index (χ1v) is 11.1. The van der Waals surface area contributed by atoms with E-state index in [2.05, 4.69) is 41.5 Å². The number of aromatic nitrogens is 1. The predicted octanol–water partition coefficient (Wildman–Crippen LogP) is 4.32. The second-order valence-electron chi connectivity index (χ2n) is 8.81. The molecule has 5 nitrogen and oxygen atoms in total. The SMILES string of the molecule is Cc1[nH]c(C(=O)N2CCC(CC(=O)N[C@@H](C)CCc3ccccc3)CC2)c(C)c1C. The highest BCUT2D eigenvalue weighted by Crippen LogP contribution is 2.24. The van der Waals surface area contributed by atoms with Crippen LogP contribution in [0.3, 0.4) is 0 Å². The van der Waals surface area contributed by atoms with E-state index in [0.29, 0.717) is 18.0 Å². The number of H-pyrrole nitrogens is 1. The molecule has 3 rings (SSSR count). The van der Waals surface area contributed by atoms with Crippen molar-refractivity contribution >= 4 is 11.8 Å². The van der Waals surface area contributed by atoms with E-state index in [1.165, 1.54) is 5.56 Å². The Balaban J connectivity index is 1.41. The van der Waals surface area contributed by atoms with Crippen LogP contribution in [-0.4, -0.2) is 40.8 Å². The largest absolute Gasteiger partial charge is 0.354 e. The number of benzene rings is 1. The minimum absolute atomic E-state index is 0.0844. The van der Waals surface area contributed by atoms with Gasteiger partial charge in [0.15, 0.2) is 0 Å². The fourth-order valence-corrected chi connectivity index (χ4v) is 4.25. The molecule has 2 N–H and O–H groups in total. The Bertz CT molecular complexity index is 864. The van der Waals surface area contributed by atoms with Crippen LogP contribution in [-0.2, 0) is 11.2 Å². The van der Waals surface area contributed by atoms with Crippen LogP contribution in [0.4, 0.5) is 0 Å². The molecule has 1 saturated heterocycles. The zero-order valence-corrected chi connectivity index (χ0v) is 18.8. The maximum Gasteiger partial charge on any atom is 0.270 e. The van der Waals surface area contributed by atoms with Crippen molar-refractivity contribution in [3.63, 3.8) is 0 Å². The fourth-order valence-electron chi connectivity index (χ4n) is 4.25. The molecule has 30 heavy (non-hydrogen) atoms. The topological polar surface area (TPSA) is 65.2 Å². The van der Waals surface area contributed by atoms with Crippen molar-refractivity contribution in [2.24, 2.45) is 5.92 Å². The van der Waals surface area contributed by atoms with E-state index < -0.39 is 0 Å². The first-order chi connectivity index (χ1) is 14.3. The molecule has 0 aliphatic carbocycles. The molecule has 2 heterocycles. The van der Waals surface area contributed by atoms with Gasteiger partial charge in [-0.3, -0.25) is 9.59 Å². The number of rotatable bonds is 7. The van der Waals surface area contributed by atoms with Crippen molar-refractivity contribution in [3.05, 3.63) is 58.4 Å². The predicted molar refractivity (Wildman–Crippen MR) is 121 cm³/mol. The van der Waals surface area contributed by atoms with Crippen molar-refractivity contribution in [3.8, 4) is 0 Å². The summed E-state index contributed by atoms with van der Waals surface area (Å²) in [4.78, 5) is 30.5. The number of likely N-dealkylation sites (tertiary alicyclic amines) is 1. The molecule has 0 unspecified atom stereocenters. The third-order valence-electron chi connectivity index (χ3n) is 6.52. The van der Waals surface area contributed by atoms with Gasteiger partial charge in [-0.2, -0.15) is 0 Å². The number of carbonyl (C=O) groups is 2. The van der Waals surface area contributed by atoms with Gasteiger partial charge in [-0.25, -0.2) is 0 Å². The summed E-state index contributed by atoms with van der Waals surface area (Å²) in [5.74, 6) is 0.566. The van der Waals surface area contributed by atoms with E-state index in [0.717, 1.165) is 55.6 Å². The maximum absolute atomic E-state index is 12.9. The Morgan fingerprint density at radius 2 is 1.77 bits per heavy atom. The van der Waals surface area contributed by atoms with Gasteiger partial charge >= 0.3 is 0 Å². The van der Waals surface area contributed by atoms with Gasteiger partial charge in [-0.05, 0) is 76.0 Å². The van der Waals surface area contributed by atoms with Crippen LogP contribution in [0.25, 0.3) is 0 Å². The zero-order chi connectivity index (χ0) is 21.7. The van der Waals surface area contributed by atoms with E-state index in [1.807, 2.05) is 31.7 Å². The first-order valence-electron chi connectivity index (χ1n) is 11.1. The van der Waals surface area contributed by atoms with Crippen LogP contribution in [0.5, 0.6) is 0 Å². The Kier molecular flexibility index (Phi) is 7.35. The number of nitrogens with zero attached hydrogens (tertiary/aromatic N) is 1. The molecule has 1 fully saturated rings. The van der Waals surface area contributed by atoms with Crippen molar-refractivity contribution in [1.82, 2.24) is 15.2 Å². The normalized spacial score (nSPS) is 15.8. The number of aryl methyl sites for hydroxylation is 2. The van der Waals surface area contributed by atoms with Gasteiger partial charge in [-0.1, -0.05) is 30.3 Å². The van der Waals surface area contributed by atoms with E-state index in [9.17, 15) is 9.59 Å². The molecule has 1 aliphatic heterocycles. The molecule has 1 aliphatic rings. The molecular formula is C25H35N3O2. The average molecular weight is 410 g/mol. The lowest BCUT2D eigenvalue weighted by Gasteiger charge is -2.32. The number of carbonyl (C=O) groups excluding carboxylic acids is 2. The molecule has 2 amide bonds. The van der Waals surface area contributed by atoms with Gasteiger partial charge in [0.1, 0.15) is 5.69 Å². The molecule has 162 valence electrons. The van der Waals surface area contributed by atoms with E-state index in [4.69, 9.17) is 0 Å². The van der Waals surface area contributed by atoms with Gasteiger partial charge < -0.3 is 15.2 Å². The summed E-state index contributed by atoms with van der Waals surface area (Å²) >= 11 is 0. The molecule has 1 atom stereocenters. The number of nitrogens with one attached hydrogen (secondary N) is 2. The van der Waals surface area contributed by atoms with E-state index in [-0.39, 0.29) is 17.9 Å². The summed E-state index contributed by atoms with van der Waals surface area (Å²) in [5, 5.41) is 3.15. The minimum atomic E-state index is 0.0844. The standard InChI is InChI=1S/C25H35N3O2/c1-17(10-11-21-8-6-5-7-9-21)26-23(29)16-22-12-14-28(15-13-22)25(30)24-19(3)18(2)20(4)27-24/h5-9,17,22,27H,10-16H2,1-4H3,(H,26,29)/t17-/m0/s1. The quantitative estimate of drug-likeness (QED) is 0.715. The van der Waals surface area contributed by atoms with Crippen molar-refractivity contribution in [2.45, 2.75) is 65.8 Å². The second kappa shape index (κ2) is 9.96. The molecule has 0 bridgehead atoms. The summed E-state index contributed by atoms with van der Waals surface area (Å²) in [6.45, 7) is 9.56. The fraction of sp³-hybridized carbons (Fsp3) is 0.520. The molecule has 0 radical (unpaired) electrons. The van der Waals surface area contributed by atoms with Crippen LogP contribution in [0.2, 0.25) is 0 Å². The zero-order valence-electron chi connectivity index (χ0n) is 18.8. The second-order valence-corrected chi connectivity index (χ2v) is 8.81. The molecule has 2 aromatic rings. The van der Waals surface area contributed by atoms with Crippen LogP contribution in [0.1, 0.15) is 65.5 Å². The molecule has 1 aromatic carbocycles. The van der Waals surface area contributed by atoms with E-state index in [1.54, 1.807) is 0 Å². The lowest BCUT2D eigenvalue weighted by molar-refractivity contribution is -0.122. The summed E-state index contributed by atoms with van der Waals surface area (Å²) < 4.78 is 0. The average Bonchev–Trinajstić information content (AvgIpc) is 3.00. The molecule has 0 saturated carbocycles. The van der Waals surface area contributed by atoms with Crippen molar-refractivity contribution < 1.29 is 9.59 Å². The third kappa shape index (κ3) is 5.53. The van der Waals surface area contributed by atoms with Gasteiger partial charge in [-0.15, -0.1) is 0 Å². The number of piperidine rings is 1. The number of hydrogen-bond acceptors (Lipinski definition) is 2. The Hall–Kier alpha value is -2.56. The lowest BCUT2D eigenvalue weighted by atomic mass is 9.92. The Morgan fingerprint density at radius 1 is 1.10 bits per heavy atom. The maximum atomic E-state index is 12.9. The summed E-state index contributed by atoms with van der Waals surface area (Å²) in [7, 11) is 0. The Morgan fingerprint density at radius 3 is 2.37 bits per heavy atom. The molecule has 5 heteroatoms.